The first-order chi connectivity index (χ1) is 33.2. The molecule has 12 aromatic rings. The largest absolute Gasteiger partial charge is 0.309 e. The Balaban J connectivity index is 1.15. The molecule has 67 heavy (non-hydrogen) atoms. The van der Waals surface area contributed by atoms with E-state index >= 15 is 0 Å². The quantitative estimate of drug-likeness (QED) is 0.145. The smallest absolute Gasteiger partial charge is 0.164 e. The number of benzene rings is 9. The van der Waals surface area contributed by atoms with Crippen LogP contribution in [0.4, 0.5) is 0 Å². The van der Waals surface area contributed by atoms with Gasteiger partial charge in [0, 0.05) is 44.2 Å². The fraction of sp³-hybridized carbons (Fsp3) is 0. The van der Waals surface area contributed by atoms with Gasteiger partial charge in [0.2, 0.25) is 0 Å². The van der Waals surface area contributed by atoms with E-state index in [-0.39, 0.29) is 0 Å². The molecule has 0 unspecified atom stereocenters. The predicted octanol–water partition coefficient (Wildman–Crippen LogP) is 15.1. The van der Waals surface area contributed by atoms with Gasteiger partial charge in [-0.2, -0.15) is 0 Å². The number of rotatable bonds is 9. The molecule has 0 atom stereocenters. The van der Waals surface area contributed by atoms with Crippen molar-refractivity contribution >= 4 is 21.8 Å². The predicted molar refractivity (Wildman–Crippen MR) is 273 cm³/mol. The third-order valence-corrected chi connectivity index (χ3v) is 12.3. The molecular weight excluding hydrogens is 817 g/mol. The molecule has 0 amide bonds. The van der Waals surface area contributed by atoms with Crippen LogP contribution < -0.4 is 0 Å². The normalized spacial score (nSPS) is 11.3. The molecule has 3 heterocycles. The van der Waals surface area contributed by atoms with Crippen molar-refractivity contribution in [3.63, 3.8) is 0 Å². The van der Waals surface area contributed by atoms with Gasteiger partial charge in [0.05, 0.1) is 28.1 Å². The highest BCUT2D eigenvalue weighted by Gasteiger charge is 2.22. The van der Waals surface area contributed by atoms with Gasteiger partial charge in [0.15, 0.2) is 23.3 Å². The van der Waals surface area contributed by atoms with Crippen LogP contribution in [-0.2, 0) is 0 Å². The summed E-state index contributed by atoms with van der Waals surface area (Å²) in [5.74, 6) is 2.39. The molecule has 314 valence electrons. The highest BCUT2D eigenvalue weighted by atomic mass is 15.0. The molecule has 0 radical (unpaired) electrons. The summed E-state index contributed by atoms with van der Waals surface area (Å²) < 4.78 is 2.39. The molecule has 9 aromatic carbocycles. The zero-order chi connectivity index (χ0) is 44.5. The molecular formula is C61H40N6. The molecule has 0 saturated carbocycles. The third kappa shape index (κ3) is 7.62. The molecule has 0 aliphatic carbocycles. The number of hydrogen-bond donors (Lipinski definition) is 0. The van der Waals surface area contributed by atoms with Crippen LogP contribution in [0.2, 0.25) is 0 Å². The number of nitrogens with zero attached hydrogens (tertiary/aromatic N) is 6. The van der Waals surface area contributed by atoms with Crippen LogP contribution in [0.15, 0.2) is 243 Å². The Bertz CT molecular complexity index is 3500. The van der Waals surface area contributed by atoms with Gasteiger partial charge in [0.1, 0.15) is 0 Å². The summed E-state index contributed by atoms with van der Waals surface area (Å²) in [7, 11) is 0. The second kappa shape index (κ2) is 17.1. The fourth-order valence-electron chi connectivity index (χ4n) is 8.97. The summed E-state index contributed by atoms with van der Waals surface area (Å²) in [4.78, 5) is 26.0. The lowest BCUT2D eigenvalue weighted by molar-refractivity contribution is 1.07. The number of hydrogen-bond acceptors (Lipinski definition) is 5. The Morgan fingerprint density at radius 1 is 0.239 bits per heavy atom. The van der Waals surface area contributed by atoms with Crippen LogP contribution in [0.3, 0.4) is 0 Å². The minimum absolute atomic E-state index is 0.559. The van der Waals surface area contributed by atoms with Crippen molar-refractivity contribution in [3.8, 4) is 96.0 Å². The Labute approximate surface area is 388 Å². The SMILES string of the molecule is c1ccc(-c2ccc3c(c2)c2cc(-c4ccccc4)ccc2n3-c2ccc(-c3nc(-c4ccccc4)nc(-c4ccccc4)n3)cc2-c2cc(-c3ccccc3)nc(-c3ccccc3)n2)cc1. The molecule has 6 nitrogen and oxygen atoms in total. The lowest BCUT2D eigenvalue weighted by Gasteiger charge is -2.17. The second-order valence-electron chi connectivity index (χ2n) is 16.5. The molecule has 0 aliphatic heterocycles. The molecule has 6 heteroatoms. The molecule has 3 aromatic heterocycles. The lowest BCUT2D eigenvalue weighted by atomic mass is 10.0. The summed E-state index contributed by atoms with van der Waals surface area (Å²) in [5.41, 5.74) is 14.8. The maximum atomic E-state index is 5.43. The maximum Gasteiger partial charge on any atom is 0.164 e. The van der Waals surface area contributed by atoms with E-state index in [1.807, 2.05) is 97.1 Å². The van der Waals surface area contributed by atoms with E-state index in [9.17, 15) is 0 Å². The lowest BCUT2D eigenvalue weighted by Crippen LogP contribution is -2.03. The van der Waals surface area contributed by atoms with E-state index in [0.29, 0.717) is 23.3 Å². The summed E-state index contributed by atoms with van der Waals surface area (Å²) in [6.07, 6.45) is 0. The van der Waals surface area contributed by atoms with E-state index in [2.05, 4.69) is 150 Å². The zero-order valence-corrected chi connectivity index (χ0v) is 36.3. The molecule has 12 rings (SSSR count). The van der Waals surface area contributed by atoms with Crippen LogP contribution in [0.25, 0.3) is 118 Å². The molecule has 0 saturated heterocycles. The summed E-state index contributed by atoms with van der Waals surface area (Å²) in [6.45, 7) is 0. The van der Waals surface area contributed by atoms with E-state index in [0.717, 1.165) is 83.4 Å². The van der Waals surface area contributed by atoms with Crippen LogP contribution in [0.1, 0.15) is 0 Å². The van der Waals surface area contributed by atoms with E-state index < -0.39 is 0 Å². The van der Waals surface area contributed by atoms with Gasteiger partial charge < -0.3 is 4.57 Å². The second-order valence-corrected chi connectivity index (χ2v) is 16.5. The van der Waals surface area contributed by atoms with Crippen molar-refractivity contribution in [2.75, 3.05) is 0 Å². The molecule has 0 N–H and O–H groups in total. The van der Waals surface area contributed by atoms with E-state index in [1.165, 1.54) is 11.1 Å². The van der Waals surface area contributed by atoms with Crippen molar-refractivity contribution in [1.29, 1.82) is 0 Å². The van der Waals surface area contributed by atoms with Gasteiger partial charge in [-0.05, 0) is 70.8 Å². The topological polar surface area (TPSA) is 69.4 Å². The van der Waals surface area contributed by atoms with Crippen molar-refractivity contribution < 1.29 is 0 Å². The van der Waals surface area contributed by atoms with Crippen molar-refractivity contribution in [1.82, 2.24) is 29.5 Å². The van der Waals surface area contributed by atoms with Gasteiger partial charge in [-0.25, -0.2) is 24.9 Å². The number of aromatic nitrogens is 6. The van der Waals surface area contributed by atoms with E-state index in [4.69, 9.17) is 24.9 Å². The standard InChI is InChI=1S/C61H40N6/c1-7-19-41(20-8-1)47-31-34-55-50(37-47)51-38-48(42-21-9-2-10-22-42)32-35-56(51)67(55)57-36-33-49(61-65-59(45-27-15-5-16-28-45)64-60(66-61)46-29-17-6-18-30-46)39-52(57)54-40-53(43-23-11-3-12-24-43)62-58(63-54)44-25-13-4-14-26-44/h1-40H. The van der Waals surface area contributed by atoms with Crippen molar-refractivity contribution in [2.45, 2.75) is 0 Å². The molecule has 0 fully saturated rings. The van der Waals surface area contributed by atoms with Gasteiger partial charge in [0.25, 0.3) is 0 Å². The minimum Gasteiger partial charge on any atom is -0.309 e. The highest BCUT2D eigenvalue weighted by molar-refractivity contribution is 6.12. The molecule has 0 spiro atoms. The highest BCUT2D eigenvalue weighted by Crippen LogP contribution is 2.41. The Morgan fingerprint density at radius 3 is 1.04 bits per heavy atom. The van der Waals surface area contributed by atoms with Crippen molar-refractivity contribution in [2.24, 2.45) is 0 Å². The summed E-state index contributed by atoms with van der Waals surface area (Å²) in [6, 6.07) is 84.1. The van der Waals surface area contributed by atoms with Crippen LogP contribution in [-0.4, -0.2) is 29.5 Å². The maximum absolute atomic E-state index is 5.43. The Kier molecular flexibility index (Phi) is 10.1. The van der Waals surface area contributed by atoms with Crippen LogP contribution in [0, 0.1) is 0 Å². The van der Waals surface area contributed by atoms with Gasteiger partial charge in [-0.3, -0.25) is 0 Å². The first-order valence-corrected chi connectivity index (χ1v) is 22.4. The fourth-order valence-corrected chi connectivity index (χ4v) is 8.97. The average molecular weight is 857 g/mol. The zero-order valence-electron chi connectivity index (χ0n) is 36.3. The Morgan fingerprint density at radius 2 is 0.597 bits per heavy atom. The minimum atomic E-state index is 0.559. The van der Waals surface area contributed by atoms with Crippen LogP contribution >= 0.6 is 0 Å². The third-order valence-electron chi connectivity index (χ3n) is 12.3. The van der Waals surface area contributed by atoms with Crippen LogP contribution in [0.5, 0.6) is 0 Å². The average Bonchev–Trinajstić information content (AvgIpc) is 3.74. The Hall–Kier alpha value is -9.13. The van der Waals surface area contributed by atoms with Gasteiger partial charge in [-0.1, -0.05) is 194 Å². The summed E-state index contributed by atoms with van der Waals surface area (Å²) >= 11 is 0. The number of fused-ring (bicyclic) bond motifs is 3. The van der Waals surface area contributed by atoms with Gasteiger partial charge in [-0.15, -0.1) is 0 Å². The van der Waals surface area contributed by atoms with E-state index in [1.54, 1.807) is 0 Å². The first kappa shape index (κ1) is 39.5. The van der Waals surface area contributed by atoms with Gasteiger partial charge >= 0.3 is 0 Å². The molecule has 0 bridgehead atoms. The summed E-state index contributed by atoms with van der Waals surface area (Å²) in [5, 5.41) is 2.30. The first-order valence-electron chi connectivity index (χ1n) is 22.4. The molecule has 0 aliphatic rings. The monoisotopic (exact) mass is 856 g/mol. The van der Waals surface area contributed by atoms with Crippen molar-refractivity contribution in [3.05, 3.63) is 243 Å².